The summed E-state index contributed by atoms with van der Waals surface area (Å²) in [6.45, 7) is 7.30. The molecule has 1 aromatic carbocycles. The number of anilines is 1. The van der Waals surface area contributed by atoms with E-state index in [9.17, 15) is 9.59 Å². The first-order chi connectivity index (χ1) is 8.85. The lowest BCUT2D eigenvalue weighted by Gasteiger charge is -2.24. The first kappa shape index (κ1) is 13.6. The molecule has 0 aromatic heterocycles. The van der Waals surface area contributed by atoms with Crippen LogP contribution in [0.25, 0.3) is 0 Å². The molecular weight excluding hydrogens is 242 g/mol. The van der Waals surface area contributed by atoms with E-state index in [0.717, 1.165) is 10.5 Å². The van der Waals surface area contributed by atoms with Crippen molar-refractivity contribution < 1.29 is 14.3 Å². The molecule has 4 nitrogen and oxygen atoms in total. The van der Waals surface area contributed by atoms with Crippen LogP contribution >= 0.6 is 0 Å². The molecule has 1 atom stereocenters. The monoisotopic (exact) mass is 261 g/mol. The molecule has 1 aliphatic heterocycles. The topological polar surface area (TPSA) is 46.6 Å². The van der Waals surface area contributed by atoms with Crippen LogP contribution in [0.5, 0.6) is 0 Å². The maximum atomic E-state index is 12.3. The Labute approximate surface area is 113 Å². The molecule has 4 heteroatoms. The molecule has 1 heterocycles. The largest absolute Gasteiger partial charge is 0.443 e. The molecule has 1 unspecified atom stereocenters. The van der Waals surface area contributed by atoms with Crippen molar-refractivity contribution in [2.45, 2.75) is 45.6 Å². The summed E-state index contributed by atoms with van der Waals surface area (Å²) in [5, 5.41) is 0. The lowest BCUT2D eigenvalue weighted by molar-refractivity contribution is -0.119. The van der Waals surface area contributed by atoms with Gasteiger partial charge >= 0.3 is 6.09 Å². The number of carbonyl (C=O) groups excluding carboxylic acids is 2. The Morgan fingerprint density at radius 2 is 1.95 bits per heavy atom. The van der Waals surface area contributed by atoms with Crippen molar-refractivity contribution in [3.05, 3.63) is 29.8 Å². The first-order valence-corrected chi connectivity index (χ1v) is 6.51. The van der Waals surface area contributed by atoms with Crippen LogP contribution in [0.1, 0.15) is 45.6 Å². The van der Waals surface area contributed by atoms with Crippen LogP contribution in [0, 0.1) is 0 Å². The SMILES string of the molecule is CCC1C(=O)N(C(=O)OC(C)(C)C)c2ccccc21. The van der Waals surface area contributed by atoms with E-state index >= 15 is 0 Å². The maximum Gasteiger partial charge on any atom is 0.421 e. The van der Waals surface area contributed by atoms with Crippen molar-refractivity contribution in [3.8, 4) is 0 Å². The number of rotatable bonds is 1. The lowest BCUT2D eigenvalue weighted by atomic mass is 9.98. The minimum absolute atomic E-state index is 0.196. The van der Waals surface area contributed by atoms with Crippen LogP contribution in [0.15, 0.2) is 24.3 Å². The quantitative estimate of drug-likeness (QED) is 0.777. The summed E-state index contributed by atoms with van der Waals surface area (Å²) in [5.74, 6) is -0.443. The van der Waals surface area contributed by atoms with Crippen LogP contribution in [0.4, 0.5) is 10.5 Å². The van der Waals surface area contributed by atoms with Crippen LogP contribution in [0.2, 0.25) is 0 Å². The van der Waals surface area contributed by atoms with Gasteiger partial charge in [0.05, 0.1) is 11.6 Å². The highest BCUT2D eigenvalue weighted by Crippen LogP contribution is 2.39. The Kier molecular flexibility index (Phi) is 3.35. The highest BCUT2D eigenvalue weighted by Gasteiger charge is 2.41. The molecule has 0 saturated heterocycles. The third-order valence-electron chi connectivity index (χ3n) is 3.06. The van der Waals surface area contributed by atoms with E-state index in [4.69, 9.17) is 4.74 Å². The number of para-hydroxylation sites is 1. The summed E-state index contributed by atoms with van der Waals surface area (Å²) in [5.41, 5.74) is 0.936. The van der Waals surface area contributed by atoms with Crippen LogP contribution in [0.3, 0.4) is 0 Å². The van der Waals surface area contributed by atoms with Crippen molar-refractivity contribution in [2.75, 3.05) is 4.90 Å². The Bertz CT molecular complexity index is 516. The van der Waals surface area contributed by atoms with E-state index in [0.29, 0.717) is 12.1 Å². The second kappa shape index (κ2) is 4.68. The Balaban J connectivity index is 2.37. The summed E-state index contributed by atoms with van der Waals surface area (Å²) < 4.78 is 5.31. The first-order valence-electron chi connectivity index (χ1n) is 6.51. The van der Waals surface area contributed by atoms with Gasteiger partial charge in [-0.1, -0.05) is 25.1 Å². The summed E-state index contributed by atoms with van der Waals surface area (Å²) in [4.78, 5) is 25.7. The van der Waals surface area contributed by atoms with Gasteiger partial charge in [0.2, 0.25) is 5.91 Å². The molecule has 1 aliphatic rings. The Morgan fingerprint density at radius 3 is 2.53 bits per heavy atom. The molecule has 0 fully saturated rings. The lowest BCUT2D eigenvalue weighted by Crippen LogP contribution is -2.39. The number of nitrogens with zero attached hydrogens (tertiary/aromatic N) is 1. The van der Waals surface area contributed by atoms with Gasteiger partial charge in [0.15, 0.2) is 0 Å². The number of fused-ring (bicyclic) bond motifs is 1. The fourth-order valence-electron chi connectivity index (χ4n) is 2.28. The molecule has 0 bridgehead atoms. The molecule has 2 amide bonds. The average Bonchev–Trinajstić information content (AvgIpc) is 2.58. The summed E-state index contributed by atoms with van der Waals surface area (Å²) in [7, 11) is 0. The zero-order chi connectivity index (χ0) is 14.2. The summed E-state index contributed by atoms with van der Waals surface area (Å²) in [6, 6.07) is 7.38. The number of carbonyl (C=O) groups is 2. The van der Waals surface area contributed by atoms with Gasteiger partial charge in [0.25, 0.3) is 0 Å². The molecule has 0 N–H and O–H groups in total. The number of amides is 2. The molecular formula is C15H19NO3. The van der Waals surface area contributed by atoms with E-state index in [1.165, 1.54) is 0 Å². The normalized spacial score (nSPS) is 18.4. The molecule has 0 saturated carbocycles. The van der Waals surface area contributed by atoms with Crippen molar-refractivity contribution in [1.82, 2.24) is 0 Å². The number of ether oxygens (including phenoxy) is 1. The summed E-state index contributed by atoms with van der Waals surface area (Å²) in [6.07, 6.45) is 0.0793. The zero-order valence-corrected chi connectivity index (χ0v) is 11.8. The van der Waals surface area contributed by atoms with E-state index in [1.807, 2.05) is 25.1 Å². The Hall–Kier alpha value is -1.84. The van der Waals surface area contributed by atoms with Crippen molar-refractivity contribution >= 4 is 17.7 Å². The third-order valence-corrected chi connectivity index (χ3v) is 3.06. The molecule has 0 spiro atoms. The van der Waals surface area contributed by atoms with Crippen LogP contribution in [-0.2, 0) is 9.53 Å². The fraction of sp³-hybridized carbons (Fsp3) is 0.467. The van der Waals surface area contributed by atoms with Crippen molar-refractivity contribution in [2.24, 2.45) is 0 Å². The van der Waals surface area contributed by atoms with Gasteiger partial charge in [-0.2, -0.15) is 0 Å². The molecule has 19 heavy (non-hydrogen) atoms. The fourth-order valence-corrected chi connectivity index (χ4v) is 2.28. The molecule has 0 radical (unpaired) electrons. The minimum Gasteiger partial charge on any atom is -0.443 e. The number of imide groups is 1. The maximum absolute atomic E-state index is 12.3. The molecule has 2 rings (SSSR count). The highest BCUT2D eigenvalue weighted by atomic mass is 16.6. The smallest absolute Gasteiger partial charge is 0.421 e. The third kappa shape index (κ3) is 2.48. The van der Waals surface area contributed by atoms with E-state index in [2.05, 4.69) is 0 Å². The van der Waals surface area contributed by atoms with Gasteiger partial charge in [-0.25, -0.2) is 9.69 Å². The second-order valence-electron chi connectivity index (χ2n) is 5.67. The van der Waals surface area contributed by atoms with Gasteiger partial charge in [-0.05, 0) is 38.8 Å². The second-order valence-corrected chi connectivity index (χ2v) is 5.67. The predicted octanol–water partition coefficient (Wildman–Crippen LogP) is 3.46. The number of hydrogen-bond acceptors (Lipinski definition) is 3. The molecule has 0 aliphatic carbocycles. The van der Waals surface area contributed by atoms with Gasteiger partial charge < -0.3 is 4.74 Å². The minimum atomic E-state index is -0.614. The van der Waals surface area contributed by atoms with Gasteiger partial charge in [-0.15, -0.1) is 0 Å². The standard InChI is InChI=1S/C15H19NO3/c1-5-10-11-8-6-7-9-12(11)16(13(10)17)14(18)19-15(2,3)4/h6-10H,5H2,1-4H3. The van der Waals surface area contributed by atoms with E-state index in [1.54, 1.807) is 26.8 Å². The number of hydrogen-bond donors (Lipinski definition) is 0. The van der Waals surface area contributed by atoms with Crippen molar-refractivity contribution in [3.63, 3.8) is 0 Å². The predicted molar refractivity (Wildman–Crippen MR) is 73.2 cm³/mol. The Morgan fingerprint density at radius 1 is 1.32 bits per heavy atom. The van der Waals surface area contributed by atoms with Gasteiger partial charge in [0.1, 0.15) is 5.60 Å². The van der Waals surface area contributed by atoms with E-state index in [-0.39, 0.29) is 11.8 Å². The molecule has 102 valence electrons. The van der Waals surface area contributed by atoms with Gasteiger partial charge in [0, 0.05) is 0 Å². The zero-order valence-electron chi connectivity index (χ0n) is 11.8. The summed E-state index contributed by atoms with van der Waals surface area (Å²) >= 11 is 0. The molecule has 1 aromatic rings. The number of benzene rings is 1. The van der Waals surface area contributed by atoms with Gasteiger partial charge in [-0.3, -0.25) is 4.79 Å². The highest BCUT2D eigenvalue weighted by molar-refractivity contribution is 6.19. The van der Waals surface area contributed by atoms with Crippen molar-refractivity contribution in [1.29, 1.82) is 0 Å². The van der Waals surface area contributed by atoms with Crippen LogP contribution < -0.4 is 4.90 Å². The average molecular weight is 261 g/mol. The van der Waals surface area contributed by atoms with Crippen LogP contribution in [-0.4, -0.2) is 17.6 Å². The van der Waals surface area contributed by atoms with E-state index < -0.39 is 11.7 Å².